The van der Waals surface area contributed by atoms with Crippen LogP contribution in [0.15, 0.2) is 24.3 Å². The van der Waals surface area contributed by atoms with Crippen LogP contribution in [0.4, 0.5) is 0 Å². The van der Waals surface area contributed by atoms with E-state index in [1.165, 1.54) is 0 Å². The monoisotopic (exact) mass is 218 g/mol. The molecule has 16 heavy (non-hydrogen) atoms. The number of rotatable bonds is 6. The van der Waals surface area contributed by atoms with E-state index in [4.69, 9.17) is 0 Å². The minimum atomic E-state index is 0.195. The van der Waals surface area contributed by atoms with Crippen molar-refractivity contribution in [3.05, 3.63) is 35.4 Å². The molecule has 0 unspecified atom stereocenters. The molecule has 0 saturated carbocycles. The standard InChI is InChI=1S/C14H18O2/c1-3-4-14(16)13-9-7-12(8-10-13)6-5-11(2)15/h7-10H,3-6H2,1-2H3. The van der Waals surface area contributed by atoms with Crippen LogP contribution in [0, 0.1) is 0 Å². The van der Waals surface area contributed by atoms with Crippen LogP contribution < -0.4 is 0 Å². The molecule has 0 bridgehead atoms. The molecule has 2 nitrogen and oxygen atoms in total. The summed E-state index contributed by atoms with van der Waals surface area (Å²) in [6.07, 6.45) is 2.82. The first-order valence-corrected chi connectivity index (χ1v) is 5.75. The molecule has 0 saturated heterocycles. The maximum Gasteiger partial charge on any atom is 0.162 e. The predicted molar refractivity (Wildman–Crippen MR) is 64.7 cm³/mol. The van der Waals surface area contributed by atoms with Gasteiger partial charge in [0.1, 0.15) is 5.78 Å². The number of Topliss-reactive ketones (excluding diaryl/α,β-unsaturated/α-hetero) is 2. The molecule has 0 spiro atoms. The van der Waals surface area contributed by atoms with E-state index in [0.717, 1.165) is 24.0 Å². The number of hydrogen-bond acceptors (Lipinski definition) is 2. The lowest BCUT2D eigenvalue weighted by Crippen LogP contribution is -1.99. The molecule has 0 N–H and O–H groups in total. The Balaban J connectivity index is 2.60. The lowest BCUT2D eigenvalue weighted by molar-refractivity contribution is -0.116. The van der Waals surface area contributed by atoms with Crippen LogP contribution >= 0.6 is 0 Å². The second-order valence-electron chi connectivity index (χ2n) is 4.07. The van der Waals surface area contributed by atoms with Crippen molar-refractivity contribution in [2.75, 3.05) is 0 Å². The largest absolute Gasteiger partial charge is 0.300 e. The fourth-order valence-electron chi connectivity index (χ4n) is 1.55. The van der Waals surface area contributed by atoms with Gasteiger partial charge < -0.3 is 4.79 Å². The van der Waals surface area contributed by atoms with Crippen molar-refractivity contribution in [3.63, 3.8) is 0 Å². The number of carbonyl (C=O) groups excluding carboxylic acids is 2. The summed E-state index contributed by atoms with van der Waals surface area (Å²) in [7, 11) is 0. The maximum absolute atomic E-state index is 11.6. The molecular formula is C14H18O2. The molecule has 1 aromatic carbocycles. The number of hydrogen-bond donors (Lipinski definition) is 0. The Hall–Kier alpha value is -1.44. The molecule has 0 amide bonds. The first-order chi connectivity index (χ1) is 7.63. The highest BCUT2D eigenvalue weighted by molar-refractivity contribution is 5.96. The molecular weight excluding hydrogens is 200 g/mol. The summed E-state index contributed by atoms with van der Waals surface area (Å²) in [5, 5.41) is 0. The van der Waals surface area contributed by atoms with Crippen molar-refractivity contribution < 1.29 is 9.59 Å². The second kappa shape index (κ2) is 6.21. The van der Waals surface area contributed by atoms with Gasteiger partial charge in [-0.15, -0.1) is 0 Å². The molecule has 0 aliphatic carbocycles. The van der Waals surface area contributed by atoms with Crippen LogP contribution in [0.3, 0.4) is 0 Å². The molecule has 86 valence electrons. The average Bonchev–Trinajstić information content (AvgIpc) is 2.27. The van der Waals surface area contributed by atoms with E-state index >= 15 is 0 Å². The van der Waals surface area contributed by atoms with E-state index in [1.54, 1.807) is 6.92 Å². The van der Waals surface area contributed by atoms with E-state index in [0.29, 0.717) is 12.8 Å². The van der Waals surface area contributed by atoms with Crippen LogP contribution in [0.25, 0.3) is 0 Å². The van der Waals surface area contributed by atoms with E-state index in [1.807, 2.05) is 31.2 Å². The van der Waals surface area contributed by atoms with Crippen LogP contribution in [0.5, 0.6) is 0 Å². The Bertz CT molecular complexity index is 363. The fraction of sp³-hybridized carbons (Fsp3) is 0.429. The molecule has 1 rings (SSSR count). The fourth-order valence-corrected chi connectivity index (χ4v) is 1.55. The van der Waals surface area contributed by atoms with Gasteiger partial charge in [0.05, 0.1) is 0 Å². The van der Waals surface area contributed by atoms with Gasteiger partial charge in [0.25, 0.3) is 0 Å². The average molecular weight is 218 g/mol. The van der Waals surface area contributed by atoms with E-state index in [9.17, 15) is 9.59 Å². The highest BCUT2D eigenvalue weighted by atomic mass is 16.1. The summed E-state index contributed by atoms with van der Waals surface area (Å²) >= 11 is 0. The topological polar surface area (TPSA) is 34.1 Å². The number of benzene rings is 1. The summed E-state index contributed by atoms with van der Waals surface area (Å²) in [5.74, 6) is 0.395. The zero-order valence-corrected chi connectivity index (χ0v) is 9.95. The van der Waals surface area contributed by atoms with Gasteiger partial charge in [-0.2, -0.15) is 0 Å². The Morgan fingerprint density at radius 3 is 2.19 bits per heavy atom. The predicted octanol–water partition coefficient (Wildman–Crippen LogP) is 3.19. The Labute approximate surface area is 96.7 Å². The highest BCUT2D eigenvalue weighted by Crippen LogP contribution is 2.09. The highest BCUT2D eigenvalue weighted by Gasteiger charge is 2.04. The second-order valence-corrected chi connectivity index (χ2v) is 4.07. The zero-order valence-electron chi connectivity index (χ0n) is 9.95. The van der Waals surface area contributed by atoms with E-state index < -0.39 is 0 Å². The van der Waals surface area contributed by atoms with Crippen molar-refractivity contribution in [2.45, 2.75) is 39.5 Å². The van der Waals surface area contributed by atoms with Crippen molar-refractivity contribution in [2.24, 2.45) is 0 Å². The van der Waals surface area contributed by atoms with Crippen LogP contribution in [0.2, 0.25) is 0 Å². The van der Waals surface area contributed by atoms with Gasteiger partial charge >= 0.3 is 0 Å². The van der Waals surface area contributed by atoms with Crippen molar-refractivity contribution in [1.29, 1.82) is 0 Å². The summed E-state index contributed by atoms with van der Waals surface area (Å²) in [6.45, 7) is 3.60. The van der Waals surface area contributed by atoms with E-state index in [2.05, 4.69) is 0 Å². The van der Waals surface area contributed by atoms with Crippen molar-refractivity contribution >= 4 is 11.6 Å². The quantitative estimate of drug-likeness (QED) is 0.687. The van der Waals surface area contributed by atoms with Gasteiger partial charge in [-0.3, -0.25) is 4.79 Å². The first-order valence-electron chi connectivity index (χ1n) is 5.75. The number of aryl methyl sites for hydroxylation is 1. The van der Waals surface area contributed by atoms with Gasteiger partial charge in [0, 0.05) is 18.4 Å². The minimum absolute atomic E-state index is 0.195. The minimum Gasteiger partial charge on any atom is -0.300 e. The lowest BCUT2D eigenvalue weighted by atomic mass is 10.0. The SMILES string of the molecule is CCCC(=O)c1ccc(CCC(C)=O)cc1. The molecule has 1 aromatic rings. The summed E-state index contributed by atoms with van der Waals surface area (Å²) in [5.41, 5.74) is 1.89. The summed E-state index contributed by atoms with van der Waals surface area (Å²) in [4.78, 5) is 22.4. The van der Waals surface area contributed by atoms with Crippen molar-refractivity contribution in [1.82, 2.24) is 0 Å². The zero-order chi connectivity index (χ0) is 12.0. The van der Waals surface area contributed by atoms with Crippen LogP contribution in [-0.2, 0) is 11.2 Å². The summed E-state index contributed by atoms with van der Waals surface area (Å²) < 4.78 is 0. The van der Waals surface area contributed by atoms with Gasteiger partial charge in [0.15, 0.2) is 5.78 Å². The maximum atomic E-state index is 11.6. The summed E-state index contributed by atoms with van der Waals surface area (Å²) in [6, 6.07) is 7.58. The third-order valence-corrected chi connectivity index (χ3v) is 2.52. The van der Waals surface area contributed by atoms with Gasteiger partial charge in [-0.1, -0.05) is 31.2 Å². The Morgan fingerprint density at radius 1 is 1.06 bits per heavy atom. The Kier molecular flexibility index (Phi) is 4.90. The molecule has 0 aromatic heterocycles. The smallest absolute Gasteiger partial charge is 0.162 e. The Morgan fingerprint density at radius 2 is 1.69 bits per heavy atom. The van der Waals surface area contributed by atoms with Crippen LogP contribution in [-0.4, -0.2) is 11.6 Å². The first kappa shape index (κ1) is 12.6. The van der Waals surface area contributed by atoms with E-state index in [-0.39, 0.29) is 11.6 Å². The third kappa shape index (κ3) is 3.97. The molecule has 2 heteroatoms. The third-order valence-electron chi connectivity index (χ3n) is 2.52. The van der Waals surface area contributed by atoms with Gasteiger partial charge in [0.2, 0.25) is 0 Å². The molecule has 0 heterocycles. The molecule has 0 atom stereocenters. The molecule has 0 aliphatic rings. The lowest BCUT2D eigenvalue weighted by Gasteiger charge is -2.02. The van der Waals surface area contributed by atoms with Gasteiger partial charge in [-0.05, 0) is 25.3 Å². The molecule has 0 fully saturated rings. The van der Waals surface area contributed by atoms with Gasteiger partial charge in [-0.25, -0.2) is 0 Å². The van der Waals surface area contributed by atoms with Crippen LogP contribution in [0.1, 0.15) is 49.0 Å². The number of ketones is 2. The number of carbonyl (C=O) groups is 2. The molecule has 0 radical (unpaired) electrons. The van der Waals surface area contributed by atoms with Crippen molar-refractivity contribution in [3.8, 4) is 0 Å². The normalized spacial score (nSPS) is 10.1. The molecule has 0 aliphatic heterocycles.